The van der Waals surface area contributed by atoms with Crippen molar-refractivity contribution in [2.45, 2.75) is 19.3 Å². The quantitative estimate of drug-likeness (QED) is 0.700. The first-order valence-corrected chi connectivity index (χ1v) is 8.82. The van der Waals surface area contributed by atoms with Crippen LogP contribution in [0.25, 0.3) is 0 Å². The molecule has 0 aliphatic carbocycles. The minimum Gasteiger partial charge on any atom is -0.296 e. The van der Waals surface area contributed by atoms with Gasteiger partial charge in [-0.25, -0.2) is 0 Å². The molecule has 0 fully saturated rings. The smallest absolute Gasteiger partial charge is 0.257 e. The Morgan fingerprint density at radius 2 is 1.83 bits per heavy atom. The van der Waals surface area contributed by atoms with E-state index >= 15 is 0 Å². The monoisotopic (exact) mass is 357 g/mol. The van der Waals surface area contributed by atoms with Crippen molar-refractivity contribution >= 4 is 34.0 Å². The molecule has 1 heterocycles. The van der Waals surface area contributed by atoms with E-state index < -0.39 is 0 Å². The highest BCUT2D eigenvalue weighted by atomic mass is 35.5. The van der Waals surface area contributed by atoms with E-state index in [0.717, 1.165) is 11.4 Å². The van der Waals surface area contributed by atoms with Crippen molar-refractivity contribution in [2.24, 2.45) is 0 Å². The SMILES string of the molecule is CC[C@@H](c1ccccc1)c1nnc(NC(=O)c2ccc(Cl)cc2)s1. The lowest BCUT2D eigenvalue weighted by Gasteiger charge is -2.11. The van der Waals surface area contributed by atoms with Gasteiger partial charge in [0.2, 0.25) is 5.13 Å². The number of hydrogen-bond acceptors (Lipinski definition) is 4. The topological polar surface area (TPSA) is 54.9 Å². The van der Waals surface area contributed by atoms with Crippen LogP contribution >= 0.6 is 22.9 Å². The molecule has 2 aromatic carbocycles. The number of nitrogens with zero attached hydrogens (tertiary/aromatic N) is 2. The van der Waals surface area contributed by atoms with Gasteiger partial charge in [0.25, 0.3) is 5.91 Å². The van der Waals surface area contributed by atoms with Crippen LogP contribution in [-0.4, -0.2) is 16.1 Å². The minimum absolute atomic E-state index is 0.185. The Morgan fingerprint density at radius 3 is 2.50 bits per heavy atom. The second-order valence-corrected chi connectivity index (χ2v) is 6.72. The van der Waals surface area contributed by atoms with E-state index in [1.807, 2.05) is 18.2 Å². The van der Waals surface area contributed by atoms with Gasteiger partial charge in [-0.05, 0) is 36.2 Å². The summed E-state index contributed by atoms with van der Waals surface area (Å²) in [5.41, 5.74) is 1.73. The first-order chi connectivity index (χ1) is 11.7. The van der Waals surface area contributed by atoms with Crippen molar-refractivity contribution in [3.63, 3.8) is 0 Å². The Hall–Kier alpha value is -2.24. The maximum Gasteiger partial charge on any atom is 0.257 e. The average Bonchev–Trinajstić information content (AvgIpc) is 3.05. The molecular weight excluding hydrogens is 342 g/mol. The fraction of sp³-hybridized carbons (Fsp3) is 0.167. The lowest BCUT2D eigenvalue weighted by Crippen LogP contribution is -2.11. The number of aromatic nitrogens is 2. The maximum absolute atomic E-state index is 12.2. The molecule has 0 radical (unpaired) electrons. The minimum atomic E-state index is -0.220. The fourth-order valence-electron chi connectivity index (χ4n) is 2.43. The van der Waals surface area contributed by atoms with Crippen LogP contribution in [0.5, 0.6) is 0 Å². The van der Waals surface area contributed by atoms with Gasteiger partial charge < -0.3 is 0 Å². The third-order valence-electron chi connectivity index (χ3n) is 3.68. The Kier molecular flexibility index (Phi) is 5.23. The van der Waals surface area contributed by atoms with Crippen molar-refractivity contribution in [1.82, 2.24) is 10.2 Å². The lowest BCUT2D eigenvalue weighted by atomic mass is 9.97. The molecule has 3 rings (SSSR count). The lowest BCUT2D eigenvalue weighted by molar-refractivity contribution is 0.102. The summed E-state index contributed by atoms with van der Waals surface area (Å²) in [6, 6.07) is 16.9. The van der Waals surface area contributed by atoms with E-state index in [0.29, 0.717) is 15.7 Å². The van der Waals surface area contributed by atoms with Crippen molar-refractivity contribution in [2.75, 3.05) is 5.32 Å². The summed E-state index contributed by atoms with van der Waals surface area (Å²) < 4.78 is 0. The Bertz CT molecular complexity index is 818. The molecule has 122 valence electrons. The number of benzene rings is 2. The summed E-state index contributed by atoms with van der Waals surface area (Å²) >= 11 is 7.24. The van der Waals surface area contributed by atoms with Crippen LogP contribution in [0, 0.1) is 0 Å². The summed E-state index contributed by atoms with van der Waals surface area (Å²) in [5.74, 6) is -0.0352. The molecule has 1 atom stereocenters. The van der Waals surface area contributed by atoms with E-state index in [9.17, 15) is 4.79 Å². The van der Waals surface area contributed by atoms with Crippen molar-refractivity contribution in [1.29, 1.82) is 0 Å². The first-order valence-electron chi connectivity index (χ1n) is 7.62. The number of nitrogens with one attached hydrogen (secondary N) is 1. The van der Waals surface area contributed by atoms with Gasteiger partial charge >= 0.3 is 0 Å². The van der Waals surface area contributed by atoms with Crippen LogP contribution in [-0.2, 0) is 0 Å². The van der Waals surface area contributed by atoms with E-state index in [-0.39, 0.29) is 11.8 Å². The van der Waals surface area contributed by atoms with E-state index in [2.05, 4.69) is 34.6 Å². The molecule has 24 heavy (non-hydrogen) atoms. The number of hydrogen-bond donors (Lipinski definition) is 1. The highest BCUT2D eigenvalue weighted by molar-refractivity contribution is 7.15. The van der Waals surface area contributed by atoms with Crippen molar-refractivity contribution in [3.05, 3.63) is 75.8 Å². The molecule has 1 amide bonds. The van der Waals surface area contributed by atoms with Crippen LogP contribution in [0.2, 0.25) is 5.02 Å². The van der Waals surface area contributed by atoms with Gasteiger partial charge in [0.15, 0.2) is 0 Å². The van der Waals surface area contributed by atoms with E-state index in [1.54, 1.807) is 24.3 Å². The highest BCUT2D eigenvalue weighted by Gasteiger charge is 2.18. The second kappa shape index (κ2) is 7.55. The molecule has 0 saturated heterocycles. The van der Waals surface area contributed by atoms with Crippen LogP contribution < -0.4 is 5.32 Å². The van der Waals surface area contributed by atoms with E-state index in [4.69, 9.17) is 11.6 Å². The maximum atomic E-state index is 12.2. The first kappa shape index (κ1) is 16.6. The number of carbonyl (C=O) groups is 1. The number of carbonyl (C=O) groups excluding carboxylic acids is 1. The average molecular weight is 358 g/mol. The number of halogens is 1. The molecule has 0 aliphatic heterocycles. The summed E-state index contributed by atoms with van der Waals surface area (Å²) in [6.45, 7) is 2.12. The van der Waals surface area contributed by atoms with Crippen molar-refractivity contribution in [3.8, 4) is 0 Å². The Labute approximate surface area is 149 Å². The van der Waals surface area contributed by atoms with Crippen LogP contribution in [0.15, 0.2) is 54.6 Å². The van der Waals surface area contributed by atoms with Gasteiger partial charge in [-0.1, -0.05) is 60.2 Å². The molecule has 6 heteroatoms. The summed E-state index contributed by atoms with van der Waals surface area (Å²) in [4.78, 5) is 12.2. The number of amides is 1. The molecule has 1 N–H and O–H groups in total. The van der Waals surface area contributed by atoms with E-state index in [1.165, 1.54) is 16.9 Å². The van der Waals surface area contributed by atoms with Crippen molar-refractivity contribution < 1.29 is 4.79 Å². The Morgan fingerprint density at radius 1 is 1.12 bits per heavy atom. The van der Waals surface area contributed by atoms with Gasteiger partial charge in [-0.15, -0.1) is 10.2 Å². The van der Waals surface area contributed by atoms with Gasteiger partial charge in [0.05, 0.1) is 0 Å². The normalized spacial score (nSPS) is 11.9. The molecule has 0 bridgehead atoms. The van der Waals surface area contributed by atoms with Gasteiger partial charge in [0, 0.05) is 16.5 Å². The van der Waals surface area contributed by atoms with Gasteiger partial charge in [-0.3, -0.25) is 10.1 Å². The molecular formula is C18H16ClN3OS. The molecule has 0 saturated carbocycles. The molecule has 1 aromatic heterocycles. The molecule has 0 aliphatic rings. The second-order valence-electron chi connectivity index (χ2n) is 5.28. The zero-order valence-corrected chi connectivity index (χ0v) is 14.6. The summed E-state index contributed by atoms with van der Waals surface area (Å²) in [5, 5.41) is 13.1. The summed E-state index contributed by atoms with van der Waals surface area (Å²) in [7, 11) is 0. The predicted molar refractivity (Wildman–Crippen MR) is 97.9 cm³/mol. The highest BCUT2D eigenvalue weighted by Crippen LogP contribution is 2.31. The third-order valence-corrected chi connectivity index (χ3v) is 4.88. The standard InChI is InChI=1S/C18H16ClN3OS/c1-2-15(12-6-4-3-5-7-12)17-21-22-18(24-17)20-16(23)13-8-10-14(19)11-9-13/h3-11,15H,2H2,1H3,(H,20,22,23)/t15-/m0/s1. The van der Waals surface area contributed by atoms with Gasteiger partial charge in [0.1, 0.15) is 5.01 Å². The fourth-order valence-corrected chi connectivity index (χ4v) is 3.51. The van der Waals surface area contributed by atoms with Crippen LogP contribution in [0.1, 0.15) is 40.2 Å². The molecule has 0 unspecified atom stereocenters. The molecule has 4 nitrogen and oxygen atoms in total. The molecule has 0 spiro atoms. The molecule has 3 aromatic rings. The largest absolute Gasteiger partial charge is 0.296 e. The van der Waals surface area contributed by atoms with Crippen LogP contribution in [0.3, 0.4) is 0 Å². The third kappa shape index (κ3) is 3.80. The van der Waals surface area contributed by atoms with Crippen LogP contribution in [0.4, 0.5) is 5.13 Å². The summed E-state index contributed by atoms with van der Waals surface area (Å²) in [6.07, 6.45) is 0.920. The number of rotatable bonds is 5. The zero-order valence-electron chi connectivity index (χ0n) is 13.1. The van der Waals surface area contributed by atoms with Gasteiger partial charge in [-0.2, -0.15) is 0 Å². The zero-order chi connectivity index (χ0) is 16.9. The predicted octanol–water partition coefficient (Wildman–Crippen LogP) is 4.99. The Balaban J connectivity index is 1.75. The number of anilines is 1.